The first-order valence-corrected chi connectivity index (χ1v) is 7.76. The summed E-state index contributed by atoms with van der Waals surface area (Å²) in [5.41, 5.74) is -0.618. The van der Waals surface area contributed by atoms with E-state index in [1.165, 1.54) is 6.07 Å². The van der Waals surface area contributed by atoms with E-state index in [2.05, 4.69) is 21.2 Å². The van der Waals surface area contributed by atoms with Crippen molar-refractivity contribution in [1.82, 2.24) is 0 Å². The molecule has 1 aromatic rings. The van der Waals surface area contributed by atoms with Gasteiger partial charge in [-0.25, -0.2) is 0 Å². The van der Waals surface area contributed by atoms with Crippen LogP contribution in [0.25, 0.3) is 0 Å². The lowest BCUT2D eigenvalue weighted by molar-refractivity contribution is -0.137. The first-order valence-electron chi connectivity index (χ1n) is 6.97. The third-order valence-corrected chi connectivity index (χ3v) is 4.01. The molecule has 1 N–H and O–H groups in total. The number of benzene rings is 1. The van der Waals surface area contributed by atoms with Gasteiger partial charge in [-0.1, -0.05) is 26.7 Å². The van der Waals surface area contributed by atoms with Gasteiger partial charge in [0.25, 0.3) is 0 Å². The summed E-state index contributed by atoms with van der Waals surface area (Å²) in [6, 6.07) is 3.23. The van der Waals surface area contributed by atoms with Gasteiger partial charge < -0.3 is 5.32 Å². The molecule has 0 saturated carbocycles. The molecular weight excluding hydrogens is 347 g/mol. The Hall–Kier alpha value is -1.04. The Morgan fingerprint density at radius 3 is 2.52 bits per heavy atom. The van der Waals surface area contributed by atoms with Gasteiger partial charge in [-0.2, -0.15) is 13.2 Å². The second kappa shape index (κ2) is 7.82. The fourth-order valence-corrected chi connectivity index (χ4v) is 2.35. The Kier molecular flexibility index (Phi) is 6.71. The summed E-state index contributed by atoms with van der Waals surface area (Å²) >= 11 is 3.17. The summed E-state index contributed by atoms with van der Waals surface area (Å²) < 4.78 is 38.5. The van der Waals surface area contributed by atoms with E-state index in [0.717, 1.165) is 31.4 Å². The molecule has 1 unspecified atom stereocenters. The van der Waals surface area contributed by atoms with Crippen LogP contribution >= 0.6 is 15.9 Å². The number of carbonyl (C=O) groups is 1. The van der Waals surface area contributed by atoms with E-state index >= 15 is 0 Å². The SMILES string of the molecule is CCCCC(CC)C(=O)Nc1cc(C(F)(F)F)ccc1Br. The van der Waals surface area contributed by atoms with Crippen LogP contribution in [-0.2, 0) is 11.0 Å². The van der Waals surface area contributed by atoms with Crippen molar-refractivity contribution in [2.75, 3.05) is 5.32 Å². The average Bonchev–Trinajstić information content (AvgIpc) is 2.41. The Bertz CT molecular complexity index is 488. The molecule has 0 bridgehead atoms. The topological polar surface area (TPSA) is 29.1 Å². The number of nitrogens with one attached hydrogen (secondary N) is 1. The van der Waals surface area contributed by atoms with Crippen LogP contribution < -0.4 is 5.32 Å². The van der Waals surface area contributed by atoms with E-state index in [0.29, 0.717) is 10.9 Å². The lowest BCUT2D eigenvalue weighted by Crippen LogP contribution is -2.22. The predicted octanol–water partition coefficient (Wildman–Crippen LogP) is 5.62. The molecule has 0 heterocycles. The van der Waals surface area contributed by atoms with E-state index in [-0.39, 0.29) is 17.5 Å². The Balaban J connectivity index is 2.88. The highest BCUT2D eigenvalue weighted by Gasteiger charge is 2.31. The Labute approximate surface area is 131 Å². The van der Waals surface area contributed by atoms with Crippen molar-refractivity contribution < 1.29 is 18.0 Å². The number of carbonyl (C=O) groups excluding carboxylic acids is 1. The van der Waals surface area contributed by atoms with Crippen LogP contribution in [0.5, 0.6) is 0 Å². The van der Waals surface area contributed by atoms with Gasteiger partial charge in [0, 0.05) is 10.4 Å². The smallest absolute Gasteiger partial charge is 0.325 e. The highest BCUT2D eigenvalue weighted by atomic mass is 79.9. The van der Waals surface area contributed by atoms with Gasteiger partial charge in [0.2, 0.25) is 5.91 Å². The lowest BCUT2D eigenvalue weighted by Gasteiger charge is -2.16. The van der Waals surface area contributed by atoms with Crippen LogP contribution in [-0.4, -0.2) is 5.91 Å². The maximum absolute atomic E-state index is 12.7. The molecular formula is C15H19BrF3NO. The molecule has 0 fully saturated rings. The molecule has 1 rings (SSSR count). The number of hydrogen-bond acceptors (Lipinski definition) is 1. The van der Waals surface area contributed by atoms with Gasteiger partial charge in [-0.3, -0.25) is 4.79 Å². The van der Waals surface area contributed by atoms with E-state index in [4.69, 9.17) is 0 Å². The Morgan fingerprint density at radius 2 is 2.00 bits per heavy atom. The minimum atomic E-state index is -4.42. The number of rotatable bonds is 6. The zero-order valence-corrected chi connectivity index (χ0v) is 13.6. The van der Waals surface area contributed by atoms with Gasteiger partial charge in [-0.05, 0) is 47.0 Å². The monoisotopic (exact) mass is 365 g/mol. The molecule has 0 saturated heterocycles. The quantitative estimate of drug-likeness (QED) is 0.695. The van der Waals surface area contributed by atoms with Crippen molar-refractivity contribution in [1.29, 1.82) is 0 Å². The summed E-state index contributed by atoms with van der Waals surface area (Å²) in [5, 5.41) is 2.60. The minimum absolute atomic E-state index is 0.157. The van der Waals surface area contributed by atoms with E-state index in [1.807, 2.05) is 13.8 Å². The number of amides is 1. The number of hydrogen-bond donors (Lipinski definition) is 1. The summed E-state index contributed by atoms with van der Waals surface area (Å²) in [7, 11) is 0. The van der Waals surface area contributed by atoms with Gasteiger partial charge in [0.15, 0.2) is 0 Å². The number of halogens is 4. The number of unbranched alkanes of at least 4 members (excludes halogenated alkanes) is 1. The van der Waals surface area contributed by atoms with Crippen LogP contribution in [0.15, 0.2) is 22.7 Å². The summed E-state index contributed by atoms with van der Waals surface area (Å²) in [6.07, 6.45) is -1.10. The largest absolute Gasteiger partial charge is 0.416 e. The second-order valence-electron chi connectivity index (χ2n) is 4.93. The molecule has 0 radical (unpaired) electrons. The fraction of sp³-hybridized carbons (Fsp3) is 0.533. The van der Waals surface area contributed by atoms with E-state index < -0.39 is 11.7 Å². The molecule has 21 heavy (non-hydrogen) atoms. The third-order valence-electron chi connectivity index (χ3n) is 3.32. The maximum Gasteiger partial charge on any atom is 0.416 e. The molecule has 0 aromatic heterocycles. The molecule has 1 atom stereocenters. The van der Waals surface area contributed by atoms with Crippen LogP contribution in [0.4, 0.5) is 18.9 Å². The van der Waals surface area contributed by atoms with Crippen LogP contribution in [0, 0.1) is 5.92 Å². The molecule has 0 spiro atoms. The predicted molar refractivity (Wildman–Crippen MR) is 81.1 cm³/mol. The number of anilines is 1. The zero-order chi connectivity index (χ0) is 16.0. The molecule has 0 aliphatic carbocycles. The molecule has 1 aromatic carbocycles. The van der Waals surface area contributed by atoms with Crippen LogP contribution in [0.2, 0.25) is 0 Å². The maximum atomic E-state index is 12.7. The van der Waals surface area contributed by atoms with Gasteiger partial charge in [0.1, 0.15) is 0 Å². The lowest BCUT2D eigenvalue weighted by atomic mass is 9.98. The molecule has 0 aliphatic rings. The summed E-state index contributed by atoms with van der Waals surface area (Å²) in [4.78, 5) is 12.1. The van der Waals surface area contributed by atoms with Crippen molar-refractivity contribution in [3.63, 3.8) is 0 Å². The fourth-order valence-electron chi connectivity index (χ4n) is 2.00. The molecule has 118 valence electrons. The minimum Gasteiger partial charge on any atom is -0.325 e. The zero-order valence-electron chi connectivity index (χ0n) is 12.1. The van der Waals surface area contributed by atoms with Gasteiger partial charge in [-0.15, -0.1) is 0 Å². The van der Waals surface area contributed by atoms with E-state index in [1.54, 1.807) is 0 Å². The van der Waals surface area contributed by atoms with Crippen molar-refractivity contribution in [3.8, 4) is 0 Å². The Morgan fingerprint density at radius 1 is 1.33 bits per heavy atom. The van der Waals surface area contributed by atoms with E-state index in [9.17, 15) is 18.0 Å². The van der Waals surface area contributed by atoms with Crippen LogP contribution in [0.3, 0.4) is 0 Å². The first kappa shape index (κ1) is 18.0. The highest BCUT2D eigenvalue weighted by molar-refractivity contribution is 9.10. The molecule has 2 nitrogen and oxygen atoms in total. The standard InChI is InChI=1S/C15H19BrF3NO/c1-3-5-6-10(4-2)14(21)20-13-9-11(15(17,18)19)7-8-12(13)16/h7-10H,3-6H2,1-2H3,(H,20,21). The first-order chi connectivity index (χ1) is 9.79. The van der Waals surface area contributed by atoms with Crippen molar-refractivity contribution in [2.45, 2.75) is 45.7 Å². The average molecular weight is 366 g/mol. The van der Waals surface area contributed by atoms with Crippen molar-refractivity contribution in [3.05, 3.63) is 28.2 Å². The van der Waals surface area contributed by atoms with Crippen LogP contribution in [0.1, 0.15) is 45.1 Å². The summed E-state index contributed by atoms with van der Waals surface area (Å²) in [6.45, 7) is 3.94. The molecule has 6 heteroatoms. The second-order valence-corrected chi connectivity index (χ2v) is 5.78. The highest BCUT2D eigenvalue weighted by Crippen LogP contribution is 2.34. The van der Waals surface area contributed by atoms with Crippen molar-refractivity contribution in [2.24, 2.45) is 5.92 Å². The normalized spacial score (nSPS) is 13.0. The molecule has 0 aliphatic heterocycles. The van der Waals surface area contributed by atoms with Gasteiger partial charge >= 0.3 is 6.18 Å². The number of alkyl halides is 3. The van der Waals surface area contributed by atoms with Crippen molar-refractivity contribution >= 4 is 27.5 Å². The third kappa shape index (κ3) is 5.34. The summed E-state index contributed by atoms with van der Waals surface area (Å²) in [5.74, 6) is -0.405. The van der Waals surface area contributed by atoms with Gasteiger partial charge in [0.05, 0.1) is 11.3 Å². The molecule has 1 amide bonds.